The van der Waals surface area contributed by atoms with E-state index in [0.29, 0.717) is 11.3 Å². The van der Waals surface area contributed by atoms with Crippen LogP contribution in [-0.4, -0.2) is 28.8 Å². The molecule has 0 atom stereocenters. The van der Waals surface area contributed by atoms with Gasteiger partial charge in [0.1, 0.15) is 23.1 Å². The molecule has 1 N–H and O–H groups in total. The summed E-state index contributed by atoms with van der Waals surface area (Å²) in [6.45, 7) is 1.51. The molecule has 0 unspecified atom stereocenters. The minimum atomic E-state index is -0.522. The zero-order valence-corrected chi connectivity index (χ0v) is 14.6. The van der Waals surface area contributed by atoms with E-state index in [0.717, 1.165) is 16.3 Å². The Kier molecular flexibility index (Phi) is 4.95. The number of aromatic amines is 1. The summed E-state index contributed by atoms with van der Waals surface area (Å²) >= 11 is 1.48. The number of Topliss-reactive ketones (excluding diaryl/α,β-unsaturated/α-hetero) is 1. The SMILES string of the molecule is COc1ccc(-c2nc(COC(=O)c3cc(C(C)=O)c[nH]3)cs2)cc1. The van der Waals surface area contributed by atoms with E-state index in [1.165, 1.54) is 30.5 Å². The van der Waals surface area contributed by atoms with Crippen LogP contribution in [0.2, 0.25) is 0 Å². The standard InChI is InChI=1S/C18H16N2O4S/c1-11(21)13-7-16(19-8-13)18(22)24-9-14-10-25-17(20-14)12-3-5-15(23-2)6-4-12/h3-8,10,19H,9H2,1-2H3. The molecule has 3 aromatic rings. The van der Waals surface area contributed by atoms with E-state index < -0.39 is 5.97 Å². The maximum absolute atomic E-state index is 12.0. The minimum absolute atomic E-state index is 0.0694. The number of H-pyrrole nitrogens is 1. The zero-order chi connectivity index (χ0) is 17.8. The van der Waals surface area contributed by atoms with Gasteiger partial charge in [-0.15, -0.1) is 11.3 Å². The molecule has 25 heavy (non-hydrogen) atoms. The van der Waals surface area contributed by atoms with Crippen molar-refractivity contribution >= 4 is 23.1 Å². The quantitative estimate of drug-likeness (QED) is 0.538. The monoisotopic (exact) mass is 356 g/mol. The molecule has 0 bridgehead atoms. The summed E-state index contributed by atoms with van der Waals surface area (Å²) in [5.74, 6) is 0.149. The van der Waals surface area contributed by atoms with Crippen molar-refractivity contribution in [1.82, 2.24) is 9.97 Å². The Morgan fingerprint density at radius 1 is 1.24 bits per heavy atom. The molecule has 0 aliphatic heterocycles. The number of hydrogen-bond donors (Lipinski definition) is 1. The summed E-state index contributed by atoms with van der Waals surface area (Å²) in [6.07, 6.45) is 1.49. The molecule has 0 radical (unpaired) electrons. The van der Waals surface area contributed by atoms with Gasteiger partial charge in [0.05, 0.1) is 12.8 Å². The van der Waals surface area contributed by atoms with E-state index in [1.807, 2.05) is 29.6 Å². The van der Waals surface area contributed by atoms with E-state index in [9.17, 15) is 9.59 Å². The van der Waals surface area contributed by atoms with E-state index >= 15 is 0 Å². The number of methoxy groups -OCH3 is 1. The highest BCUT2D eigenvalue weighted by Gasteiger charge is 2.13. The second kappa shape index (κ2) is 7.31. The van der Waals surface area contributed by atoms with Crippen molar-refractivity contribution in [3.05, 3.63) is 58.9 Å². The molecule has 0 amide bonds. The fourth-order valence-corrected chi connectivity index (χ4v) is 2.98. The van der Waals surface area contributed by atoms with E-state index in [1.54, 1.807) is 7.11 Å². The Morgan fingerprint density at radius 2 is 2.00 bits per heavy atom. The minimum Gasteiger partial charge on any atom is -0.497 e. The Labute approximate surface area is 148 Å². The first-order valence-electron chi connectivity index (χ1n) is 7.52. The lowest BCUT2D eigenvalue weighted by atomic mass is 10.2. The number of aromatic nitrogens is 2. The molecule has 0 saturated carbocycles. The Bertz CT molecular complexity index is 896. The van der Waals surface area contributed by atoms with Crippen molar-refractivity contribution in [2.24, 2.45) is 0 Å². The maximum atomic E-state index is 12.0. The molecular formula is C18H16N2O4S. The van der Waals surface area contributed by atoms with Crippen LogP contribution in [0.25, 0.3) is 10.6 Å². The number of benzene rings is 1. The molecule has 7 heteroatoms. The second-order valence-corrected chi connectivity index (χ2v) is 6.16. The molecule has 6 nitrogen and oxygen atoms in total. The van der Waals surface area contributed by atoms with Crippen molar-refractivity contribution in [2.45, 2.75) is 13.5 Å². The van der Waals surface area contributed by atoms with Crippen LogP contribution in [0.4, 0.5) is 0 Å². The zero-order valence-electron chi connectivity index (χ0n) is 13.7. The normalized spacial score (nSPS) is 10.5. The number of esters is 1. The molecule has 2 heterocycles. The van der Waals surface area contributed by atoms with Gasteiger partial charge in [0.25, 0.3) is 0 Å². The highest BCUT2D eigenvalue weighted by atomic mass is 32.1. The van der Waals surface area contributed by atoms with Gasteiger partial charge in [-0.1, -0.05) is 0 Å². The number of carbonyl (C=O) groups excluding carboxylic acids is 2. The first-order valence-corrected chi connectivity index (χ1v) is 8.40. The van der Waals surface area contributed by atoms with Crippen LogP contribution in [0.5, 0.6) is 5.75 Å². The number of thiazole rings is 1. The summed E-state index contributed by atoms with van der Waals surface area (Å²) in [5, 5.41) is 2.69. The third kappa shape index (κ3) is 3.95. The van der Waals surface area contributed by atoms with E-state index in [-0.39, 0.29) is 18.1 Å². The van der Waals surface area contributed by atoms with Crippen molar-refractivity contribution in [2.75, 3.05) is 7.11 Å². The van der Waals surface area contributed by atoms with Gasteiger partial charge in [-0.05, 0) is 37.3 Å². The number of ether oxygens (including phenoxy) is 2. The summed E-state index contributed by atoms with van der Waals surface area (Å²) in [6, 6.07) is 9.07. The average molecular weight is 356 g/mol. The Morgan fingerprint density at radius 3 is 2.64 bits per heavy atom. The molecular weight excluding hydrogens is 340 g/mol. The van der Waals surface area contributed by atoms with E-state index in [2.05, 4.69) is 9.97 Å². The predicted octanol–water partition coefficient (Wildman–Crippen LogP) is 3.71. The molecule has 0 aliphatic carbocycles. The lowest BCUT2D eigenvalue weighted by Gasteiger charge is -2.01. The predicted molar refractivity (Wildman–Crippen MR) is 94.0 cm³/mol. The van der Waals surface area contributed by atoms with Crippen molar-refractivity contribution in [1.29, 1.82) is 0 Å². The van der Waals surface area contributed by atoms with Gasteiger partial charge < -0.3 is 14.5 Å². The highest BCUT2D eigenvalue weighted by Crippen LogP contribution is 2.26. The second-order valence-electron chi connectivity index (χ2n) is 5.31. The van der Waals surface area contributed by atoms with Crippen LogP contribution in [-0.2, 0) is 11.3 Å². The molecule has 0 aliphatic rings. The van der Waals surface area contributed by atoms with Gasteiger partial charge >= 0.3 is 5.97 Å². The smallest absolute Gasteiger partial charge is 0.355 e. The van der Waals surface area contributed by atoms with Gasteiger partial charge in [0, 0.05) is 22.7 Å². The molecule has 1 aromatic carbocycles. The first kappa shape index (κ1) is 16.9. The van der Waals surface area contributed by atoms with Gasteiger partial charge in [-0.2, -0.15) is 0 Å². The summed E-state index contributed by atoms with van der Waals surface area (Å²) in [4.78, 5) is 30.5. The largest absolute Gasteiger partial charge is 0.497 e. The number of nitrogens with zero attached hydrogens (tertiary/aromatic N) is 1. The number of ketones is 1. The van der Waals surface area contributed by atoms with Crippen molar-refractivity contribution in [3.63, 3.8) is 0 Å². The topological polar surface area (TPSA) is 81.3 Å². The number of carbonyl (C=O) groups is 2. The third-order valence-corrected chi connectivity index (χ3v) is 4.49. The van der Waals surface area contributed by atoms with Crippen LogP contribution in [0, 0.1) is 0 Å². The molecule has 0 saturated heterocycles. The molecule has 3 rings (SSSR count). The summed E-state index contributed by atoms with van der Waals surface area (Å²) < 4.78 is 10.4. The lowest BCUT2D eigenvalue weighted by molar-refractivity contribution is 0.0462. The van der Waals surface area contributed by atoms with Crippen molar-refractivity contribution in [3.8, 4) is 16.3 Å². The fourth-order valence-electron chi connectivity index (χ4n) is 2.17. The van der Waals surface area contributed by atoms with Crippen LogP contribution in [0.3, 0.4) is 0 Å². The molecule has 0 fully saturated rings. The number of hydrogen-bond acceptors (Lipinski definition) is 6. The van der Waals surface area contributed by atoms with Crippen LogP contribution >= 0.6 is 11.3 Å². The fraction of sp³-hybridized carbons (Fsp3) is 0.167. The highest BCUT2D eigenvalue weighted by molar-refractivity contribution is 7.13. The Hall–Kier alpha value is -2.93. The van der Waals surface area contributed by atoms with Crippen LogP contribution < -0.4 is 4.74 Å². The van der Waals surface area contributed by atoms with E-state index in [4.69, 9.17) is 9.47 Å². The Balaban J connectivity index is 1.62. The van der Waals surface area contributed by atoms with Gasteiger partial charge in [0.2, 0.25) is 0 Å². The van der Waals surface area contributed by atoms with Gasteiger partial charge in [-0.25, -0.2) is 9.78 Å². The number of rotatable bonds is 6. The van der Waals surface area contributed by atoms with Gasteiger partial charge in [-0.3, -0.25) is 4.79 Å². The molecule has 2 aromatic heterocycles. The van der Waals surface area contributed by atoms with Gasteiger partial charge in [0.15, 0.2) is 5.78 Å². The summed E-state index contributed by atoms with van der Waals surface area (Å²) in [7, 11) is 1.62. The summed E-state index contributed by atoms with van der Waals surface area (Å²) in [5.41, 5.74) is 2.33. The molecule has 128 valence electrons. The molecule has 0 spiro atoms. The third-order valence-electron chi connectivity index (χ3n) is 3.55. The number of nitrogens with one attached hydrogen (secondary N) is 1. The van der Waals surface area contributed by atoms with Crippen molar-refractivity contribution < 1.29 is 19.1 Å². The maximum Gasteiger partial charge on any atom is 0.355 e. The van der Waals surface area contributed by atoms with Crippen LogP contribution in [0.1, 0.15) is 33.5 Å². The van der Waals surface area contributed by atoms with Crippen LogP contribution in [0.15, 0.2) is 41.9 Å². The average Bonchev–Trinajstić information content (AvgIpc) is 3.29. The lowest BCUT2D eigenvalue weighted by Crippen LogP contribution is -2.05. The first-order chi connectivity index (χ1) is 12.1.